The lowest BCUT2D eigenvalue weighted by molar-refractivity contribution is -0.0388. The molecule has 2 saturated carbocycles. The summed E-state index contributed by atoms with van der Waals surface area (Å²) in [5, 5.41) is 0. The second-order valence-electron chi connectivity index (χ2n) is 19.0. The summed E-state index contributed by atoms with van der Waals surface area (Å²) in [6, 6.07) is 33.0. The van der Waals surface area contributed by atoms with Crippen LogP contribution in [0.5, 0.6) is 11.5 Å². The molecule has 0 spiro atoms. The zero-order chi connectivity index (χ0) is 46.0. The largest absolute Gasteiger partial charge is 0.490 e. The molecular formula is C60H78O6. The second-order valence-corrected chi connectivity index (χ2v) is 19.0. The van der Waals surface area contributed by atoms with E-state index < -0.39 is 24.1 Å². The molecule has 0 unspecified atom stereocenters. The Morgan fingerprint density at radius 1 is 0.470 bits per heavy atom. The van der Waals surface area contributed by atoms with Gasteiger partial charge in [-0.15, -0.1) is 0 Å². The van der Waals surface area contributed by atoms with Crippen molar-refractivity contribution in [2.24, 2.45) is 23.7 Å². The number of benzene rings is 4. The molecule has 354 valence electrons. The van der Waals surface area contributed by atoms with Gasteiger partial charge in [0.1, 0.15) is 24.7 Å². The summed E-state index contributed by atoms with van der Waals surface area (Å²) >= 11 is 0. The van der Waals surface area contributed by atoms with Crippen LogP contribution in [0.15, 0.2) is 133 Å². The fourth-order valence-corrected chi connectivity index (χ4v) is 9.83. The number of esters is 2. The SMILES string of the molecule is CCCCCCCC1CCC(/C=C/COc2ccc(C(=O)O[C@H](c3ccccc3)[C@H](OC(=O)c3ccc(OC/C=C/C4CCC(CCCCCCC)CC4)cc3)c3ccccc3)cc2)CC1. The van der Waals surface area contributed by atoms with Gasteiger partial charge in [-0.1, -0.05) is 176 Å². The molecule has 0 aliphatic heterocycles. The fourth-order valence-electron chi connectivity index (χ4n) is 9.83. The van der Waals surface area contributed by atoms with Crippen LogP contribution in [0.2, 0.25) is 0 Å². The van der Waals surface area contributed by atoms with Crippen molar-refractivity contribution in [3.63, 3.8) is 0 Å². The van der Waals surface area contributed by atoms with E-state index in [9.17, 15) is 9.59 Å². The first-order chi connectivity index (χ1) is 32.5. The van der Waals surface area contributed by atoms with Crippen molar-refractivity contribution in [3.8, 4) is 11.5 Å². The van der Waals surface area contributed by atoms with Crippen LogP contribution in [0.3, 0.4) is 0 Å². The van der Waals surface area contributed by atoms with Crippen molar-refractivity contribution in [1.29, 1.82) is 0 Å². The molecule has 2 aliphatic carbocycles. The Labute approximate surface area is 397 Å². The van der Waals surface area contributed by atoms with Gasteiger partial charge in [-0.25, -0.2) is 9.59 Å². The van der Waals surface area contributed by atoms with Crippen LogP contribution in [-0.4, -0.2) is 25.2 Å². The third-order valence-electron chi connectivity index (χ3n) is 13.9. The molecule has 0 radical (unpaired) electrons. The van der Waals surface area contributed by atoms with Crippen LogP contribution in [0, 0.1) is 23.7 Å². The number of hydrogen-bond donors (Lipinski definition) is 0. The van der Waals surface area contributed by atoms with Gasteiger partial charge >= 0.3 is 11.9 Å². The maximum atomic E-state index is 13.9. The predicted molar refractivity (Wildman–Crippen MR) is 269 cm³/mol. The Hall–Kier alpha value is -5.10. The highest BCUT2D eigenvalue weighted by molar-refractivity contribution is 5.90. The van der Waals surface area contributed by atoms with Crippen molar-refractivity contribution >= 4 is 11.9 Å². The van der Waals surface area contributed by atoms with Gasteiger partial charge < -0.3 is 18.9 Å². The van der Waals surface area contributed by atoms with Crippen LogP contribution in [0.1, 0.15) is 186 Å². The van der Waals surface area contributed by atoms with Gasteiger partial charge in [-0.05, 0) is 135 Å². The van der Waals surface area contributed by atoms with Gasteiger partial charge in [0.15, 0.2) is 12.2 Å². The summed E-state index contributed by atoms with van der Waals surface area (Å²) < 4.78 is 24.6. The van der Waals surface area contributed by atoms with Crippen LogP contribution >= 0.6 is 0 Å². The maximum absolute atomic E-state index is 13.9. The molecule has 2 atom stereocenters. The number of rotatable bonds is 27. The number of carbonyl (C=O) groups excluding carboxylic acids is 2. The zero-order valence-corrected chi connectivity index (χ0v) is 40.2. The van der Waals surface area contributed by atoms with E-state index >= 15 is 0 Å². The average molecular weight is 895 g/mol. The smallest absolute Gasteiger partial charge is 0.338 e. The normalized spacial score (nSPS) is 19.6. The molecule has 0 amide bonds. The van der Waals surface area contributed by atoms with Crippen LogP contribution in [0.4, 0.5) is 0 Å². The molecule has 0 aromatic heterocycles. The van der Waals surface area contributed by atoms with Gasteiger partial charge in [0.25, 0.3) is 0 Å². The average Bonchev–Trinajstić information content (AvgIpc) is 3.36. The lowest BCUT2D eigenvalue weighted by atomic mass is 9.79. The minimum absolute atomic E-state index is 0.375. The number of unbranched alkanes of at least 4 members (excludes halogenated alkanes) is 8. The van der Waals surface area contributed by atoms with Crippen molar-refractivity contribution in [2.75, 3.05) is 13.2 Å². The van der Waals surface area contributed by atoms with E-state index in [0.717, 1.165) is 11.8 Å². The monoisotopic (exact) mass is 895 g/mol. The fraction of sp³-hybridized carbons (Fsp3) is 0.500. The van der Waals surface area contributed by atoms with Crippen LogP contribution in [0.25, 0.3) is 0 Å². The highest BCUT2D eigenvalue weighted by Gasteiger charge is 2.33. The predicted octanol–water partition coefficient (Wildman–Crippen LogP) is 16.4. The first-order valence-corrected chi connectivity index (χ1v) is 25.8. The van der Waals surface area contributed by atoms with E-state index in [2.05, 4.69) is 38.2 Å². The van der Waals surface area contributed by atoms with Crippen molar-refractivity contribution in [3.05, 3.63) is 156 Å². The number of allylic oxidation sites excluding steroid dienone is 2. The quantitative estimate of drug-likeness (QED) is 0.0337. The lowest BCUT2D eigenvalue weighted by Crippen LogP contribution is -2.23. The van der Waals surface area contributed by atoms with Crippen molar-refractivity contribution < 1.29 is 28.5 Å². The Kier molecular flexibility index (Phi) is 22.0. The summed E-state index contributed by atoms with van der Waals surface area (Å²) in [4.78, 5) is 27.7. The molecule has 6 rings (SSSR count). The summed E-state index contributed by atoms with van der Waals surface area (Å²) in [7, 11) is 0. The van der Waals surface area contributed by atoms with Gasteiger partial charge in [0.2, 0.25) is 0 Å². The van der Waals surface area contributed by atoms with E-state index in [4.69, 9.17) is 18.9 Å². The Morgan fingerprint density at radius 3 is 1.20 bits per heavy atom. The Bertz CT molecular complexity index is 1840. The van der Waals surface area contributed by atoms with Crippen molar-refractivity contribution in [1.82, 2.24) is 0 Å². The standard InChI is InChI=1S/C60H78O6/c1-3-5-7-9-13-21-47-29-33-49(34-30-47)23-19-45-63-55-41-37-53(38-42-55)59(61)65-57(51-25-15-11-16-26-51)58(52-27-17-12-18-28-52)66-60(62)54-39-43-56(44-40-54)64-46-20-24-50-35-31-48(32-36-50)22-14-10-8-6-4-2/h11-12,15-20,23-28,37-44,47-50,57-58H,3-10,13-14,21-22,29-36,45-46H2,1-2H3/b23-19+,24-20+/t47?,48?,49?,50?,57-,58-/m1/s1. The number of ether oxygens (including phenoxy) is 4. The molecule has 4 aromatic rings. The molecular weight excluding hydrogens is 817 g/mol. The van der Waals surface area contributed by atoms with Crippen LogP contribution < -0.4 is 9.47 Å². The molecule has 2 aliphatic rings. The summed E-state index contributed by atoms with van der Waals surface area (Å²) in [6.07, 6.45) is 33.9. The minimum Gasteiger partial charge on any atom is -0.490 e. The minimum atomic E-state index is -0.924. The van der Waals surface area contributed by atoms with Gasteiger partial charge in [0.05, 0.1) is 11.1 Å². The summed E-state index contributed by atoms with van der Waals surface area (Å²) in [6.45, 7) is 5.52. The van der Waals surface area contributed by atoms with Gasteiger partial charge in [-0.2, -0.15) is 0 Å². The molecule has 0 saturated heterocycles. The van der Waals surface area contributed by atoms with Gasteiger partial charge in [0, 0.05) is 0 Å². The zero-order valence-electron chi connectivity index (χ0n) is 40.2. The lowest BCUT2D eigenvalue weighted by Gasteiger charge is -2.28. The first kappa shape index (κ1) is 50.3. The molecule has 4 aromatic carbocycles. The topological polar surface area (TPSA) is 71.1 Å². The van der Waals surface area contributed by atoms with E-state index in [-0.39, 0.29) is 0 Å². The van der Waals surface area contributed by atoms with E-state index in [1.54, 1.807) is 48.5 Å². The van der Waals surface area contributed by atoms with E-state index in [1.807, 2.05) is 60.7 Å². The van der Waals surface area contributed by atoms with Crippen LogP contribution in [-0.2, 0) is 9.47 Å². The maximum Gasteiger partial charge on any atom is 0.338 e. The van der Waals surface area contributed by atoms with Crippen molar-refractivity contribution in [2.45, 2.75) is 154 Å². The molecule has 0 bridgehead atoms. The molecule has 0 N–H and O–H groups in total. The first-order valence-electron chi connectivity index (χ1n) is 25.8. The van der Waals surface area contributed by atoms with Gasteiger partial charge in [-0.3, -0.25) is 0 Å². The third-order valence-corrected chi connectivity index (χ3v) is 13.9. The number of hydrogen-bond acceptors (Lipinski definition) is 6. The third kappa shape index (κ3) is 17.3. The van der Waals surface area contributed by atoms with E-state index in [1.165, 1.54) is 128 Å². The molecule has 0 heterocycles. The molecule has 2 fully saturated rings. The summed E-state index contributed by atoms with van der Waals surface area (Å²) in [5.41, 5.74) is 2.16. The Morgan fingerprint density at radius 2 is 0.833 bits per heavy atom. The van der Waals surface area contributed by atoms with E-state index in [0.29, 0.717) is 58.8 Å². The molecule has 6 heteroatoms. The number of carbonyl (C=O) groups is 2. The summed E-state index contributed by atoms with van der Waals surface area (Å²) in [5.74, 6) is 3.37. The molecule has 66 heavy (non-hydrogen) atoms. The highest BCUT2D eigenvalue weighted by Crippen LogP contribution is 2.38. The molecule has 6 nitrogen and oxygen atoms in total. The second kappa shape index (κ2) is 28.8. The highest BCUT2D eigenvalue weighted by atomic mass is 16.6. The Balaban J connectivity index is 0.992.